The summed E-state index contributed by atoms with van der Waals surface area (Å²) in [6.45, 7) is 5.04. The molecular weight excluding hydrogens is 270 g/mol. The first-order chi connectivity index (χ1) is 10.2. The molecule has 0 fully saturated rings. The minimum absolute atomic E-state index is 0.101. The lowest BCUT2D eigenvalue weighted by Gasteiger charge is -2.12. The number of nitrogens with two attached hydrogens (primary N) is 1. The Hall–Kier alpha value is -1.79. The molecule has 0 heterocycles. The Morgan fingerprint density at radius 3 is 2.81 bits per heavy atom. The second kappa shape index (κ2) is 10.0. The number of hydrogen-bond donors (Lipinski definition) is 3. The Labute approximate surface area is 126 Å². The average molecular weight is 295 g/mol. The molecule has 0 aliphatic carbocycles. The summed E-state index contributed by atoms with van der Waals surface area (Å²) in [5.74, 6) is -0.101. The van der Waals surface area contributed by atoms with Crippen molar-refractivity contribution in [2.75, 3.05) is 51.1 Å². The zero-order valence-electron chi connectivity index (χ0n) is 12.8. The molecule has 1 rings (SSSR count). The van der Waals surface area contributed by atoms with Gasteiger partial charge in [-0.25, -0.2) is 0 Å². The Morgan fingerprint density at radius 1 is 1.29 bits per heavy atom. The standard InChI is InChI=1S/C15H25N3O3/c1-3-17-15(19)13-6-5-12(16)11-14(13)18-7-4-8-21-10-9-20-2/h5-6,11,18H,3-4,7-10,16H2,1-2H3,(H,17,19). The number of rotatable bonds is 10. The summed E-state index contributed by atoms with van der Waals surface area (Å²) < 4.78 is 10.3. The third kappa shape index (κ3) is 6.46. The lowest BCUT2D eigenvalue weighted by atomic mass is 10.1. The molecule has 0 aliphatic rings. The number of amides is 1. The highest BCUT2D eigenvalue weighted by Gasteiger charge is 2.10. The van der Waals surface area contributed by atoms with Gasteiger partial charge in [0.05, 0.1) is 18.8 Å². The van der Waals surface area contributed by atoms with Crippen molar-refractivity contribution in [3.63, 3.8) is 0 Å². The van der Waals surface area contributed by atoms with Crippen molar-refractivity contribution in [3.8, 4) is 0 Å². The largest absolute Gasteiger partial charge is 0.399 e. The van der Waals surface area contributed by atoms with Crippen molar-refractivity contribution in [3.05, 3.63) is 23.8 Å². The molecule has 0 unspecified atom stereocenters. The van der Waals surface area contributed by atoms with Crippen molar-refractivity contribution in [1.82, 2.24) is 5.32 Å². The summed E-state index contributed by atoms with van der Waals surface area (Å²) in [4.78, 5) is 12.0. The smallest absolute Gasteiger partial charge is 0.253 e. The number of ether oxygens (including phenoxy) is 2. The molecule has 0 spiro atoms. The maximum absolute atomic E-state index is 12.0. The highest BCUT2D eigenvalue weighted by Crippen LogP contribution is 2.19. The van der Waals surface area contributed by atoms with Gasteiger partial charge in [0.15, 0.2) is 0 Å². The van der Waals surface area contributed by atoms with Gasteiger partial charge in [-0.2, -0.15) is 0 Å². The summed E-state index contributed by atoms with van der Waals surface area (Å²) in [7, 11) is 1.65. The minimum Gasteiger partial charge on any atom is -0.399 e. The summed E-state index contributed by atoms with van der Waals surface area (Å²) in [5, 5.41) is 6.02. The van der Waals surface area contributed by atoms with Crippen molar-refractivity contribution < 1.29 is 14.3 Å². The molecule has 0 aliphatic heterocycles. The first-order valence-electron chi connectivity index (χ1n) is 7.17. The second-order valence-electron chi connectivity index (χ2n) is 4.55. The van der Waals surface area contributed by atoms with E-state index in [9.17, 15) is 4.79 Å². The monoisotopic (exact) mass is 295 g/mol. The predicted octanol–water partition coefficient (Wildman–Crippen LogP) is 1.48. The van der Waals surface area contributed by atoms with Crippen molar-refractivity contribution in [1.29, 1.82) is 0 Å². The van der Waals surface area contributed by atoms with Gasteiger partial charge in [-0.05, 0) is 31.5 Å². The van der Waals surface area contributed by atoms with Crippen LogP contribution in [0.15, 0.2) is 18.2 Å². The van der Waals surface area contributed by atoms with Crippen LogP contribution in [0, 0.1) is 0 Å². The predicted molar refractivity (Wildman–Crippen MR) is 84.7 cm³/mol. The maximum Gasteiger partial charge on any atom is 0.253 e. The first-order valence-corrected chi connectivity index (χ1v) is 7.17. The normalized spacial score (nSPS) is 10.4. The van der Waals surface area contributed by atoms with Crippen molar-refractivity contribution in [2.45, 2.75) is 13.3 Å². The SMILES string of the molecule is CCNC(=O)c1ccc(N)cc1NCCCOCCOC. The Kier molecular flexibility index (Phi) is 8.23. The second-order valence-corrected chi connectivity index (χ2v) is 4.55. The van der Waals surface area contributed by atoms with Gasteiger partial charge in [-0.1, -0.05) is 0 Å². The van der Waals surface area contributed by atoms with Crippen LogP contribution in [0.4, 0.5) is 11.4 Å². The Bertz CT molecular complexity index is 438. The fourth-order valence-electron chi connectivity index (χ4n) is 1.80. The number of carbonyl (C=O) groups is 1. The zero-order valence-corrected chi connectivity index (χ0v) is 12.8. The van der Waals surface area contributed by atoms with Crippen LogP contribution in [-0.4, -0.2) is 45.9 Å². The molecule has 0 saturated carbocycles. The summed E-state index contributed by atoms with van der Waals surface area (Å²) in [6.07, 6.45) is 0.841. The molecule has 118 valence electrons. The zero-order chi connectivity index (χ0) is 15.5. The van der Waals surface area contributed by atoms with Gasteiger partial charge in [0.25, 0.3) is 5.91 Å². The van der Waals surface area contributed by atoms with E-state index < -0.39 is 0 Å². The molecule has 4 N–H and O–H groups in total. The number of hydrogen-bond acceptors (Lipinski definition) is 5. The molecule has 1 aromatic rings. The van der Waals surface area contributed by atoms with Crippen LogP contribution >= 0.6 is 0 Å². The lowest BCUT2D eigenvalue weighted by Crippen LogP contribution is -2.24. The summed E-state index contributed by atoms with van der Waals surface area (Å²) in [5.41, 5.74) is 7.75. The van der Waals surface area contributed by atoms with Gasteiger partial charge in [0.2, 0.25) is 0 Å². The molecule has 0 atom stereocenters. The van der Waals surface area contributed by atoms with Gasteiger partial charge < -0.3 is 25.8 Å². The molecule has 0 bridgehead atoms. The highest BCUT2D eigenvalue weighted by molar-refractivity contribution is 6.00. The van der Waals surface area contributed by atoms with E-state index in [2.05, 4.69) is 10.6 Å². The van der Waals surface area contributed by atoms with Gasteiger partial charge in [-0.15, -0.1) is 0 Å². The summed E-state index contributed by atoms with van der Waals surface area (Å²) in [6, 6.07) is 5.23. The Morgan fingerprint density at radius 2 is 2.10 bits per heavy atom. The molecule has 0 radical (unpaired) electrons. The maximum atomic E-state index is 12.0. The van der Waals surface area contributed by atoms with Gasteiger partial charge in [-0.3, -0.25) is 4.79 Å². The fraction of sp³-hybridized carbons (Fsp3) is 0.533. The third-order valence-corrected chi connectivity index (χ3v) is 2.84. The van der Waals surface area contributed by atoms with E-state index in [1.54, 1.807) is 25.3 Å². The van der Waals surface area contributed by atoms with E-state index in [-0.39, 0.29) is 5.91 Å². The van der Waals surface area contributed by atoms with E-state index in [1.807, 2.05) is 6.92 Å². The molecule has 21 heavy (non-hydrogen) atoms. The molecule has 6 nitrogen and oxygen atoms in total. The van der Waals surface area contributed by atoms with E-state index in [4.69, 9.17) is 15.2 Å². The highest BCUT2D eigenvalue weighted by atomic mass is 16.5. The third-order valence-electron chi connectivity index (χ3n) is 2.84. The number of anilines is 2. The first kappa shape index (κ1) is 17.3. The van der Waals surface area contributed by atoms with Gasteiger partial charge in [0, 0.05) is 38.2 Å². The van der Waals surface area contributed by atoms with Gasteiger partial charge >= 0.3 is 0 Å². The molecule has 0 aromatic heterocycles. The molecule has 1 amide bonds. The van der Waals surface area contributed by atoms with E-state index in [0.29, 0.717) is 44.2 Å². The van der Waals surface area contributed by atoms with Crippen molar-refractivity contribution >= 4 is 17.3 Å². The molecular formula is C15H25N3O3. The number of methoxy groups -OCH3 is 1. The van der Waals surface area contributed by atoms with Crippen LogP contribution in [0.1, 0.15) is 23.7 Å². The molecule has 1 aromatic carbocycles. The molecule has 6 heteroatoms. The minimum atomic E-state index is -0.101. The quantitative estimate of drug-likeness (QED) is 0.450. The fourth-order valence-corrected chi connectivity index (χ4v) is 1.80. The lowest BCUT2D eigenvalue weighted by molar-refractivity contribution is 0.0705. The van der Waals surface area contributed by atoms with Crippen LogP contribution in [-0.2, 0) is 9.47 Å². The summed E-state index contributed by atoms with van der Waals surface area (Å²) >= 11 is 0. The topological polar surface area (TPSA) is 85.6 Å². The molecule has 0 saturated heterocycles. The van der Waals surface area contributed by atoms with Crippen LogP contribution in [0.25, 0.3) is 0 Å². The Balaban J connectivity index is 2.45. The number of nitrogens with one attached hydrogen (secondary N) is 2. The number of nitrogen functional groups attached to an aromatic ring is 1. The number of benzene rings is 1. The van der Waals surface area contributed by atoms with Crippen LogP contribution < -0.4 is 16.4 Å². The van der Waals surface area contributed by atoms with E-state index >= 15 is 0 Å². The average Bonchev–Trinajstić information content (AvgIpc) is 2.46. The van der Waals surface area contributed by atoms with Gasteiger partial charge in [0.1, 0.15) is 0 Å². The van der Waals surface area contributed by atoms with Crippen LogP contribution in [0.5, 0.6) is 0 Å². The van der Waals surface area contributed by atoms with E-state index in [0.717, 1.165) is 12.1 Å². The van der Waals surface area contributed by atoms with Crippen LogP contribution in [0.3, 0.4) is 0 Å². The number of carbonyl (C=O) groups excluding carboxylic acids is 1. The van der Waals surface area contributed by atoms with Crippen LogP contribution in [0.2, 0.25) is 0 Å². The van der Waals surface area contributed by atoms with Crippen molar-refractivity contribution in [2.24, 2.45) is 0 Å². The van der Waals surface area contributed by atoms with E-state index in [1.165, 1.54) is 0 Å².